The van der Waals surface area contributed by atoms with Gasteiger partial charge in [0.15, 0.2) is 6.61 Å². The van der Waals surface area contributed by atoms with Crippen LogP contribution in [0.2, 0.25) is 0 Å². The minimum absolute atomic E-state index is 0.127. The van der Waals surface area contributed by atoms with E-state index in [0.717, 1.165) is 17.7 Å². The molecule has 162 valence electrons. The maximum Gasteiger partial charge on any atom is 0.261 e. The average molecular weight is 413 g/mol. The number of nitrogens with one attached hydrogen (secondary N) is 1. The second-order valence-corrected chi connectivity index (χ2v) is 6.97. The van der Waals surface area contributed by atoms with Gasteiger partial charge in [0, 0.05) is 13.1 Å². The van der Waals surface area contributed by atoms with Gasteiger partial charge in [-0.1, -0.05) is 38.1 Å². The summed E-state index contributed by atoms with van der Waals surface area (Å²) in [6.07, 6.45) is 1.46. The van der Waals surface area contributed by atoms with E-state index in [2.05, 4.69) is 12.2 Å². The lowest BCUT2D eigenvalue weighted by molar-refractivity contribution is -0.142. The zero-order valence-electron chi connectivity index (χ0n) is 18.3. The van der Waals surface area contributed by atoms with Gasteiger partial charge in [-0.05, 0) is 55.2 Å². The molecule has 0 aliphatic rings. The lowest BCUT2D eigenvalue weighted by Crippen LogP contribution is -2.50. The van der Waals surface area contributed by atoms with E-state index < -0.39 is 6.04 Å². The molecule has 2 amide bonds. The zero-order chi connectivity index (χ0) is 21.9. The highest BCUT2D eigenvalue weighted by atomic mass is 16.5. The molecule has 0 radical (unpaired) electrons. The normalized spacial score (nSPS) is 11.5. The van der Waals surface area contributed by atoms with Crippen molar-refractivity contribution in [3.05, 3.63) is 59.7 Å². The fourth-order valence-electron chi connectivity index (χ4n) is 3.19. The lowest BCUT2D eigenvalue weighted by atomic mass is 10.1. The van der Waals surface area contributed by atoms with Crippen LogP contribution in [0.4, 0.5) is 0 Å². The van der Waals surface area contributed by atoms with Crippen molar-refractivity contribution in [1.29, 1.82) is 0 Å². The number of aryl methyl sites for hydroxylation is 1. The summed E-state index contributed by atoms with van der Waals surface area (Å²) in [5.74, 6) is 0.986. The third kappa shape index (κ3) is 6.51. The van der Waals surface area contributed by atoms with E-state index in [1.807, 2.05) is 62.4 Å². The minimum Gasteiger partial charge on any atom is -0.497 e. The molecule has 0 aromatic heterocycles. The largest absolute Gasteiger partial charge is 0.497 e. The van der Waals surface area contributed by atoms with Crippen LogP contribution in [0.5, 0.6) is 11.5 Å². The second kappa shape index (κ2) is 11.9. The highest BCUT2D eigenvalue weighted by molar-refractivity contribution is 5.88. The van der Waals surface area contributed by atoms with Gasteiger partial charge in [-0.3, -0.25) is 9.59 Å². The number of hydrogen-bond donors (Lipinski definition) is 1. The van der Waals surface area contributed by atoms with Crippen LogP contribution in [0, 0.1) is 0 Å². The van der Waals surface area contributed by atoms with E-state index in [-0.39, 0.29) is 18.4 Å². The van der Waals surface area contributed by atoms with Gasteiger partial charge in [0.05, 0.1) is 7.11 Å². The van der Waals surface area contributed by atoms with Crippen LogP contribution in [-0.2, 0) is 22.6 Å². The van der Waals surface area contributed by atoms with Crippen LogP contribution < -0.4 is 14.8 Å². The number of benzene rings is 2. The molecule has 0 saturated carbocycles. The molecule has 0 heterocycles. The molecule has 0 spiro atoms. The van der Waals surface area contributed by atoms with Gasteiger partial charge < -0.3 is 19.7 Å². The molecule has 6 nitrogen and oxygen atoms in total. The number of carbonyl (C=O) groups excluding carboxylic acids is 2. The van der Waals surface area contributed by atoms with Crippen molar-refractivity contribution in [2.24, 2.45) is 0 Å². The number of likely N-dealkylation sites (N-methyl/N-ethyl adjacent to an activating group) is 1. The Morgan fingerprint density at radius 2 is 1.53 bits per heavy atom. The van der Waals surface area contributed by atoms with Crippen LogP contribution in [0.3, 0.4) is 0 Å². The predicted octanol–water partition coefficient (Wildman–Crippen LogP) is 3.58. The first-order valence-electron chi connectivity index (χ1n) is 10.4. The van der Waals surface area contributed by atoms with Crippen LogP contribution >= 0.6 is 0 Å². The molecule has 0 bridgehead atoms. The third-order valence-corrected chi connectivity index (χ3v) is 4.94. The summed E-state index contributed by atoms with van der Waals surface area (Å²) in [6.45, 7) is 6.55. The van der Waals surface area contributed by atoms with Gasteiger partial charge in [0.25, 0.3) is 5.91 Å². The Morgan fingerprint density at radius 3 is 2.07 bits per heavy atom. The van der Waals surface area contributed by atoms with Gasteiger partial charge in [-0.15, -0.1) is 0 Å². The minimum atomic E-state index is -0.564. The summed E-state index contributed by atoms with van der Waals surface area (Å²) in [4.78, 5) is 27.3. The van der Waals surface area contributed by atoms with E-state index in [9.17, 15) is 9.59 Å². The number of methoxy groups -OCH3 is 1. The van der Waals surface area contributed by atoms with Crippen molar-refractivity contribution in [1.82, 2.24) is 10.2 Å². The van der Waals surface area contributed by atoms with Crippen molar-refractivity contribution in [2.45, 2.75) is 46.2 Å². The van der Waals surface area contributed by atoms with E-state index in [1.54, 1.807) is 12.0 Å². The van der Waals surface area contributed by atoms with Gasteiger partial charge in [0.1, 0.15) is 17.5 Å². The molecule has 30 heavy (non-hydrogen) atoms. The van der Waals surface area contributed by atoms with E-state index in [1.165, 1.54) is 5.56 Å². The monoisotopic (exact) mass is 412 g/mol. The smallest absolute Gasteiger partial charge is 0.261 e. The molecule has 0 unspecified atom stereocenters. The molecule has 0 aliphatic heterocycles. The van der Waals surface area contributed by atoms with E-state index in [4.69, 9.17) is 9.47 Å². The second-order valence-electron chi connectivity index (χ2n) is 6.97. The van der Waals surface area contributed by atoms with Crippen molar-refractivity contribution < 1.29 is 19.1 Å². The Labute approximate surface area is 179 Å². The Hall–Kier alpha value is -3.02. The number of rotatable bonds is 11. The van der Waals surface area contributed by atoms with Crippen LogP contribution in [0.15, 0.2) is 48.5 Å². The SMILES string of the molecule is CCNC(=O)[C@@H](CC)N(Cc1ccc(OC)cc1)C(=O)COc1ccc(CC)cc1. The maximum atomic E-state index is 13.1. The van der Waals surface area contributed by atoms with Gasteiger partial charge in [-0.2, -0.15) is 0 Å². The maximum absolute atomic E-state index is 13.1. The van der Waals surface area contributed by atoms with Crippen molar-refractivity contribution in [2.75, 3.05) is 20.3 Å². The van der Waals surface area contributed by atoms with Gasteiger partial charge in [-0.25, -0.2) is 0 Å². The first kappa shape index (κ1) is 23.3. The summed E-state index contributed by atoms with van der Waals surface area (Å²) >= 11 is 0. The fraction of sp³-hybridized carbons (Fsp3) is 0.417. The lowest BCUT2D eigenvalue weighted by Gasteiger charge is -2.30. The standard InChI is InChI=1S/C24H32N2O4/c1-5-18-8-14-21(15-9-18)30-17-23(27)26(22(6-2)24(28)25-7-3)16-19-10-12-20(29-4)13-11-19/h8-15,22H,5-7,16-17H2,1-4H3,(H,25,28)/t22-/m1/s1. The molecule has 2 aromatic carbocycles. The number of carbonyl (C=O) groups is 2. The number of ether oxygens (including phenoxy) is 2. The predicted molar refractivity (Wildman–Crippen MR) is 118 cm³/mol. The van der Waals surface area contributed by atoms with E-state index in [0.29, 0.717) is 25.3 Å². The molecule has 1 atom stereocenters. The zero-order valence-corrected chi connectivity index (χ0v) is 18.3. The van der Waals surface area contributed by atoms with Crippen molar-refractivity contribution in [3.8, 4) is 11.5 Å². The van der Waals surface area contributed by atoms with Crippen LogP contribution in [-0.4, -0.2) is 43.0 Å². The molecule has 0 fully saturated rings. The molecule has 0 saturated heterocycles. The highest BCUT2D eigenvalue weighted by Gasteiger charge is 2.28. The number of amides is 2. The Morgan fingerprint density at radius 1 is 0.933 bits per heavy atom. The summed E-state index contributed by atoms with van der Waals surface area (Å²) in [5, 5.41) is 2.83. The van der Waals surface area contributed by atoms with Gasteiger partial charge in [0.2, 0.25) is 5.91 Å². The molecule has 0 aliphatic carbocycles. The topological polar surface area (TPSA) is 67.9 Å². The number of hydrogen-bond acceptors (Lipinski definition) is 4. The Kier molecular flexibility index (Phi) is 9.19. The molecular weight excluding hydrogens is 380 g/mol. The molecule has 6 heteroatoms. The van der Waals surface area contributed by atoms with Crippen molar-refractivity contribution in [3.63, 3.8) is 0 Å². The average Bonchev–Trinajstić information content (AvgIpc) is 2.78. The summed E-state index contributed by atoms with van der Waals surface area (Å²) in [5.41, 5.74) is 2.12. The molecule has 2 aromatic rings. The third-order valence-electron chi connectivity index (χ3n) is 4.94. The van der Waals surface area contributed by atoms with Crippen LogP contribution in [0.1, 0.15) is 38.3 Å². The highest BCUT2D eigenvalue weighted by Crippen LogP contribution is 2.17. The van der Waals surface area contributed by atoms with Gasteiger partial charge >= 0.3 is 0 Å². The Bertz CT molecular complexity index is 803. The summed E-state index contributed by atoms with van der Waals surface area (Å²) in [6, 6.07) is 14.6. The summed E-state index contributed by atoms with van der Waals surface area (Å²) in [7, 11) is 1.61. The quantitative estimate of drug-likeness (QED) is 0.613. The van der Waals surface area contributed by atoms with Crippen molar-refractivity contribution >= 4 is 11.8 Å². The molecular formula is C24H32N2O4. The first-order valence-corrected chi connectivity index (χ1v) is 10.4. The van der Waals surface area contributed by atoms with E-state index >= 15 is 0 Å². The fourth-order valence-corrected chi connectivity index (χ4v) is 3.19. The molecule has 2 rings (SSSR count). The Balaban J connectivity index is 2.16. The first-order chi connectivity index (χ1) is 14.5. The summed E-state index contributed by atoms with van der Waals surface area (Å²) < 4.78 is 10.9. The number of nitrogens with zero attached hydrogens (tertiary/aromatic N) is 1. The van der Waals surface area contributed by atoms with Crippen LogP contribution in [0.25, 0.3) is 0 Å². The molecule has 1 N–H and O–H groups in total.